The van der Waals surface area contributed by atoms with E-state index in [0.717, 1.165) is 0 Å². The monoisotopic (exact) mass is 394 g/mol. The number of thioether (sulfide) groups is 1. The summed E-state index contributed by atoms with van der Waals surface area (Å²) in [5.41, 5.74) is 0.701. The van der Waals surface area contributed by atoms with E-state index in [-0.39, 0.29) is 18.3 Å². The van der Waals surface area contributed by atoms with Crippen LogP contribution in [0.3, 0.4) is 0 Å². The molecule has 2 aromatic rings. The molecule has 0 aliphatic heterocycles. The van der Waals surface area contributed by atoms with Crippen molar-refractivity contribution in [2.24, 2.45) is 0 Å². The third kappa shape index (κ3) is 5.75. The number of hydrogen-bond acceptors (Lipinski definition) is 3. The molecule has 1 atom stereocenters. The Kier molecular flexibility index (Phi) is 7.94. The molecule has 2 N–H and O–H groups in total. The van der Waals surface area contributed by atoms with Gasteiger partial charge in [0.25, 0.3) is 5.91 Å². The zero-order valence-electron chi connectivity index (χ0n) is 14.3. The van der Waals surface area contributed by atoms with E-state index in [1.807, 2.05) is 6.26 Å². The van der Waals surface area contributed by atoms with Crippen molar-refractivity contribution in [2.45, 2.75) is 19.0 Å². The lowest BCUT2D eigenvalue weighted by Crippen LogP contribution is -2.47. The quantitative estimate of drug-likeness (QED) is 0.718. The Morgan fingerprint density at radius 1 is 1.15 bits per heavy atom. The van der Waals surface area contributed by atoms with E-state index in [9.17, 15) is 14.0 Å². The number of carbonyl (C=O) groups excluding carboxylic acids is 2. The molecule has 2 amide bonds. The summed E-state index contributed by atoms with van der Waals surface area (Å²) in [7, 11) is 0. The van der Waals surface area contributed by atoms with Crippen LogP contribution in [0.1, 0.15) is 22.3 Å². The van der Waals surface area contributed by atoms with Gasteiger partial charge in [-0.15, -0.1) is 0 Å². The average molecular weight is 395 g/mol. The molecule has 2 rings (SSSR count). The second-order valence-electron chi connectivity index (χ2n) is 5.60. The predicted molar refractivity (Wildman–Crippen MR) is 104 cm³/mol. The van der Waals surface area contributed by atoms with Crippen LogP contribution in [0, 0.1) is 5.82 Å². The molecule has 0 aliphatic rings. The molecule has 0 heterocycles. The van der Waals surface area contributed by atoms with E-state index in [1.54, 1.807) is 54.2 Å². The van der Waals surface area contributed by atoms with E-state index in [1.165, 1.54) is 6.07 Å². The molecule has 26 heavy (non-hydrogen) atoms. The number of amides is 2. The van der Waals surface area contributed by atoms with E-state index < -0.39 is 11.9 Å². The zero-order valence-corrected chi connectivity index (χ0v) is 15.9. The van der Waals surface area contributed by atoms with Crippen LogP contribution in [0.25, 0.3) is 0 Å². The van der Waals surface area contributed by atoms with Crippen molar-refractivity contribution >= 4 is 35.2 Å². The van der Waals surface area contributed by atoms with Crippen LogP contribution >= 0.6 is 23.4 Å². The second-order valence-corrected chi connectivity index (χ2v) is 6.99. The first-order valence-corrected chi connectivity index (χ1v) is 9.85. The Balaban J connectivity index is 2.03. The molecule has 0 aromatic heterocycles. The molecule has 0 spiro atoms. The van der Waals surface area contributed by atoms with Crippen molar-refractivity contribution in [3.8, 4) is 0 Å². The number of rotatable bonds is 8. The fraction of sp³-hybridized carbons (Fsp3) is 0.263. The summed E-state index contributed by atoms with van der Waals surface area (Å²) in [6, 6.07) is 12.2. The van der Waals surface area contributed by atoms with Crippen LogP contribution in [-0.4, -0.2) is 29.9 Å². The number of halogens is 2. The lowest BCUT2D eigenvalue weighted by atomic mass is 10.1. The summed E-state index contributed by atoms with van der Waals surface area (Å²) in [6.07, 6.45) is 2.38. The number of carbonyl (C=O) groups is 2. The predicted octanol–water partition coefficient (Wildman–Crippen LogP) is 3.65. The third-order valence-electron chi connectivity index (χ3n) is 3.76. The maximum Gasteiger partial charge on any atom is 0.253 e. The van der Waals surface area contributed by atoms with Crippen LogP contribution < -0.4 is 10.6 Å². The molecule has 0 saturated carbocycles. The molecule has 1 unspecified atom stereocenters. The highest BCUT2D eigenvalue weighted by Crippen LogP contribution is 2.15. The van der Waals surface area contributed by atoms with Gasteiger partial charge in [0.2, 0.25) is 5.91 Å². The van der Waals surface area contributed by atoms with Gasteiger partial charge in [0, 0.05) is 12.1 Å². The molecule has 7 heteroatoms. The summed E-state index contributed by atoms with van der Waals surface area (Å²) in [4.78, 5) is 24.9. The maximum absolute atomic E-state index is 13.7. The van der Waals surface area contributed by atoms with Gasteiger partial charge >= 0.3 is 0 Å². The van der Waals surface area contributed by atoms with Gasteiger partial charge in [0.1, 0.15) is 11.9 Å². The lowest BCUT2D eigenvalue weighted by molar-refractivity contribution is -0.123. The number of hydrogen-bond donors (Lipinski definition) is 2. The van der Waals surface area contributed by atoms with Crippen molar-refractivity contribution < 1.29 is 14.0 Å². The highest BCUT2D eigenvalue weighted by atomic mass is 35.5. The van der Waals surface area contributed by atoms with Gasteiger partial charge in [0.05, 0.1) is 10.6 Å². The third-order valence-corrected chi connectivity index (χ3v) is 4.74. The minimum Gasteiger partial charge on any atom is -0.350 e. The Labute approximate surface area is 161 Å². The van der Waals surface area contributed by atoms with Gasteiger partial charge in [0.15, 0.2) is 0 Å². The zero-order chi connectivity index (χ0) is 18.9. The molecule has 2 aromatic carbocycles. The van der Waals surface area contributed by atoms with Crippen molar-refractivity contribution in [3.63, 3.8) is 0 Å². The Hall–Kier alpha value is -2.05. The van der Waals surface area contributed by atoms with Crippen molar-refractivity contribution in [1.82, 2.24) is 10.6 Å². The summed E-state index contributed by atoms with van der Waals surface area (Å²) in [6.45, 7) is 0.0588. The van der Waals surface area contributed by atoms with E-state index >= 15 is 0 Å². The van der Waals surface area contributed by atoms with Gasteiger partial charge in [-0.25, -0.2) is 4.39 Å². The van der Waals surface area contributed by atoms with E-state index in [2.05, 4.69) is 10.6 Å². The van der Waals surface area contributed by atoms with Crippen LogP contribution in [0.5, 0.6) is 0 Å². The molecule has 0 fully saturated rings. The minimum absolute atomic E-state index is 0.0588. The van der Waals surface area contributed by atoms with Gasteiger partial charge < -0.3 is 10.6 Å². The first kappa shape index (κ1) is 20.3. The van der Waals surface area contributed by atoms with Crippen LogP contribution in [0.4, 0.5) is 4.39 Å². The maximum atomic E-state index is 13.7. The van der Waals surface area contributed by atoms with Gasteiger partial charge in [-0.2, -0.15) is 11.8 Å². The number of nitrogens with one attached hydrogen (secondary N) is 2. The first-order valence-electron chi connectivity index (χ1n) is 8.08. The topological polar surface area (TPSA) is 58.2 Å². The average Bonchev–Trinajstić information content (AvgIpc) is 2.64. The van der Waals surface area contributed by atoms with Gasteiger partial charge in [-0.1, -0.05) is 41.9 Å². The molecule has 138 valence electrons. The smallest absolute Gasteiger partial charge is 0.253 e. The summed E-state index contributed by atoms with van der Waals surface area (Å²) < 4.78 is 13.7. The minimum atomic E-state index is -0.724. The Bertz CT molecular complexity index is 773. The molecular formula is C19H20ClFN2O2S. The largest absolute Gasteiger partial charge is 0.350 e. The normalized spacial score (nSPS) is 11.7. The van der Waals surface area contributed by atoms with Crippen molar-refractivity contribution in [2.75, 3.05) is 12.0 Å². The van der Waals surface area contributed by atoms with Crippen LogP contribution in [0.15, 0.2) is 48.5 Å². The lowest BCUT2D eigenvalue weighted by Gasteiger charge is -2.18. The van der Waals surface area contributed by atoms with Crippen LogP contribution in [-0.2, 0) is 11.3 Å². The molecule has 0 saturated heterocycles. The Morgan fingerprint density at radius 2 is 1.85 bits per heavy atom. The highest BCUT2D eigenvalue weighted by Gasteiger charge is 2.22. The molecule has 0 aliphatic carbocycles. The Morgan fingerprint density at radius 3 is 2.54 bits per heavy atom. The second kappa shape index (κ2) is 10.2. The standard InChI is InChI=1S/C19H20ClFN2O2S/c1-26-11-10-17(23-18(24)14-7-3-4-8-15(14)20)19(25)22-12-13-6-2-5-9-16(13)21/h2-9,17H,10-12H2,1H3,(H,22,25)(H,23,24). The van der Waals surface area contributed by atoms with Gasteiger partial charge in [-0.05, 0) is 36.6 Å². The fourth-order valence-corrected chi connectivity index (χ4v) is 3.03. The first-order chi connectivity index (χ1) is 12.5. The van der Waals surface area contributed by atoms with Crippen molar-refractivity contribution in [1.29, 1.82) is 0 Å². The highest BCUT2D eigenvalue weighted by molar-refractivity contribution is 7.98. The molecule has 0 bridgehead atoms. The molecular weight excluding hydrogens is 375 g/mol. The van der Waals surface area contributed by atoms with Crippen LogP contribution in [0.2, 0.25) is 5.02 Å². The fourth-order valence-electron chi connectivity index (χ4n) is 2.33. The number of benzene rings is 2. The van der Waals surface area contributed by atoms with E-state index in [4.69, 9.17) is 11.6 Å². The summed E-state index contributed by atoms with van der Waals surface area (Å²) >= 11 is 7.61. The molecule has 0 radical (unpaired) electrons. The van der Waals surface area contributed by atoms with Gasteiger partial charge in [-0.3, -0.25) is 9.59 Å². The summed E-state index contributed by atoms with van der Waals surface area (Å²) in [5.74, 6) is -0.459. The van der Waals surface area contributed by atoms with E-state index in [0.29, 0.717) is 28.3 Å². The van der Waals surface area contributed by atoms with Crippen molar-refractivity contribution in [3.05, 3.63) is 70.5 Å². The summed E-state index contributed by atoms with van der Waals surface area (Å²) in [5, 5.41) is 5.72. The SMILES string of the molecule is CSCCC(NC(=O)c1ccccc1Cl)C(=O)NCc1ccccc1F. The molecule has 4 nitrogen and oxygen atoms in total.